The number of hydrogen-bond donors (Lipinski definition) is 0. The van der Waals surface area contributed by atoms with Gasteiger partial charge in [0.15, 0.2) is 0 Å². The van der Waals surface area contributed by atoms with Gasteiger partial charge in [-0.25, -0.2) is 4.39 Å². The molecule has 6 heteroatoms. The minimum atomic E-state index is -0.408. The molecule has 0 atom stereocenters. The summed E-state index contributed by atoms with van der Waals surface area (Å²) in [5.74, 6) is -0.622. The summed E-state index contributed by atoms with van der Waals surface area (Å²) in [6.07, 6.45) is 1.57. The molecule has 4 rings (SSSR count). The van der Waals surface area contributed by atoms with Gasteiger partial charge in [0.25, 0.3) is 11.5 Å². The summed E-state index contributed by atoms with van der Waals surface area (Å²) >= 11 is 0. The van der Waals surface area contributed by atoms with Crippen molar-refractivity contribution in [3.8, 4) is 5.69 Å². The van der Waals surface area contributed by atoms with E-state index in [2.05, 4.69) is 0 Å². The number of halogens is 1. The molecule has 28 heavy (non-hydrogen) atoms. The molecule has 5 nitrogen and oxygen atoms in total. The molecule has 0 N–H and O–H groups in total. The van der Waals surface area contributed by atoms with Gasteiger partial charge in [0.05, 0.1) is 5.56 Å². The number of fused-ring (bicyclic) bond motifs is 3. The smallest absolute Gasteiger partial charge is 0.279 e. The van der Waals surface area contributed by atoms with Crippen molar-refractivity contribution in [1.82, 2.24) is 14.0 Å². The molecule has 0 aliphatic carbocycles. The van der Waals surface area contributed by atoms with E-state index in [-0.39, 0.29) is 11.5 Å². The molecule has 4 aromatic rings. The van der Waals surface area contributed by atoms with Crippen LogP contribution in [0.15, 0.2) is 59.5 Å². The Balaban J connectivity index is 2.21. The largest absolute Gasteiger partial charge is 0.342 e. The van der Waals surface area contributed by atoms with Gasteiger partial charge in [-0.15, -0.1) is 0 Å². The lowest BCUT2D eigenvalue weighted by atomic mass is 10.1. The van der Waals surface area contributed by atoms with Crippen molar-refractivity contribution in [3.63, 3.8) is 0 Å². The number of rotatable bonds is 3. The number of aromatic nitrogens is 2. The van der Waals surface area contributed by atoms with E-state index in [1.165, 1.54) is 16.7 Å². The quantitative estimate of drug-likeness (QED) is 0.546. The second-order valence-electron chi connectivity index (χ2n) is 6.82. The first-order valence-corrected chi connectivity index (χ1v) is 9.08. The first kappa shape index (κ1) is 18.0. The van der Waals surface area contributed by atoms with Gasteiger partial charge in [-0.05, 0) is 37.3 Å². The van der Waals surface area contributed by atoms with E-state index < -0.39 is 5.82 Å². The molecule has 0 bridgehead atoms. The minimum Gasteiger partial charge on any atom is -0.342 e. The highest BCUT2D eigenvalue weighted by Crippen LogP contribution is 2.30. The van der Waals surface area contributed by atoms with Crippen LogP contribution in [0.2, 0.25) is 0 Å². The molecule has 0 unspecified atom stereocenters. The number of pyridine rings is 1. The van der Waals surface area contributed by atoms with Gasteiger partial charge in [-0.3, -0.25) is 14.2 Å². The average Bonchev–Trinajstić information content (AvgIpc) is 3.00. The van der Waals surface area contributed by atoms with Crippen LogP contribution in [0, 0.1) is 5.82 Å². The Bertz CT molecular complexity index is 1270. The Morgan fingerprint density at radius 2 is 1.86 bits per heavy atom. The molecule has 2 aromatic carbocycles. The van der Waals surface area contributed by atoms with Gasteiger partial charge < -0.3 is 9.47 Å². The number of amides is 1. The van der Waals surface area contributed by atoms with Crippen LogP contribution >= 0.6 is 0 Å². The molecule has 1 amide bonds. The van der Waals surface area contributed by atoms with Gasteiger partial charge in [-0.2, -0.15) is 0 Å². The molecule has 142 valence electrons. The number of carbonyl (C=O) groups is 1. The summed E-state index contributed by atoms with van der Waals surface area (Å²) in [6, 6.07) is 13.5. The minimum absolute atomic E-state index is 0.214. The lowest BCUT2D eigenvalue weighted by Crippen LogP contribution is -2.29. The second-order valence-corrected chi connectivity index (χ2v) is 6.82. The monoisotopic (exact) mass is 377 g/mol. The standard InChI is InChI=1S/C22H20FN3O2/c1-4-24(2)21(27)17-13-26(15-8-6-5-7-9-15)22(28)20-19(17)16-12-14(23)10-11-18(16)25(20)3/h5-13H,4H2,1-3H3. The number of hydrogen-bond acceptors (Lipinski definition) is 2. The third kappa shape index (κ3) is 2.60. The molecule has 0 aliphatic rings. The highest BCUT2D eigenvalue weighted by molar-refractivity contribution is 6.17. The van der Waals surface area contributed by atoms with Crippen LogP contribution in [-0.2, 0) is 7.05 Å². The van der Waals surface area contributed by atoms with Gasteiger partial charge in [0.1, 0.15) is 11.3 Å². The molecule has 0 saturated heterocycles. The Morgan fingerprint density at radius 1 is 1.14 bits per heavy atom. The van der Waals surface area contributed by atoms with Crippen molar-refractivity contribution in [2.75, 3.05) is 13.6 Å². The fraction of sp³-hybridized carbons (Fsp3) is 0.182. The van der Waals surface area contributed by atoms with E-state index in [0.717, 1.165) is 0 Å². The van der Waals surface area contributed by atoms with Crippen molar-refractivity contribution >= 4 is 27.7 Å². The van der Waals surface area contributed by atoms with Crippen LogP contribution in [0.1, 0.15) is 17.3 Å². The number of para-hydroxylation sites is 1. The molecule has 0 spiro atoms. The SMILES string of the molecule is CCN(C)C(=O)c1cn(-c2ccccc2)c(=O)c2c1c1cc(F)ccc1n2C. The Labute approximate surface area is 161 Å². The number of carbonyl (C=O) groups excluding carboxylic acids is 1. The Hall–Kier alpha value is -3.41. The topological polar surface area (TPSA) is 47.2 Å². The lowest BCUT2D eigenvalue weighted by molar-refractivity contribution is 0.0804. The highest BCUT2D eigenvalue weighted by Gasteiger charge is 2.23. The number of aryl methyl sites for hydroxylation is 1. The number of benzene rings is 2. The maximum atomic E-state index is 14.0. The summed E-state index contributed by atoms with van der Waals surface area (Å²) in [7, 11) is 3.47. The zero-order chi connectivity index (χ0) is 20.0. The van der Waals surface area contributed by atoms with E-state index in [4.69, 9.17) is 0 Å². The van der Waals surface area contributed by atoms with Crippen LogP contribution < -0.4 is 5.56 Å². The molecule has 2 aromatic heterocycles. The third-order valence-electron chi connectivity index (χ3n) is 5.20. The first-order chi connectivity index (χ1) is 13.4. The zero-order valence-electron chi connectivity index (χ0n) is 15.9. The van der Waals surface area contributed by atoms with Gasteiger partial charge in [0, 0.05) is 48.8 Å². The summed E-state index contributed by atoms with van der Waals surface area (Å²) in [6.45, 7) is 2.40. The van der Waals surface area contributed by atoms with Crippen LogP contribution in [-0.4, -0.2) is 33.5 Å². The van der Waals surface area contributed by atoms with Crippen LogP contribution in [0.4, 0.5) is 4.39 Å². The predicted molar refractivity (Wildman–Crippen MR) is 109 cm³/mol. The maximum Gasteiger partial charge on any atom is 0.279 e. The van der Waals surface area contributed by atoms with E-state index in [1.54, 1.807) is 35.8 Å². The molecule has 0 fully saturated rings. The van der Waals surface area contributed by atoms with Gasteiger partial charge in [0.2, 0.25) is 0 Å². The van der Waals surface area contributed by atoms with Crippen LogP contribution in [0.25, 0.3) is 27.5 Å². The third-order valence-corrected chi connectivity index (χ3v) is 5.20. The maximum absolute atomic E-state index is 14.0. The van der Waals surface area contributed by atoms with E-state index in [9.17, 15) is 14.0 Å². The zero-order valence-corrected chi connectivity index (χ0v) is 15.9. The van der Waals surface area contributed by atoms with Crippen LogP contribution in [0.5, 0.6) is 0 Å². The summed E-state index contributed by atoms with van der Waals surface area (Å²) in [5, 5.41) is 1.04. The Morgan fingerprint density at radius 3 is 2.54 bits per heavy atom. The van der Waals surface area contributed by atoms with E-state index in [0.29, 0.717) is 39.6 Å². The van der Waals surface area contributed by atoms with Crippen molar-refractivity contribution in [2.24, 2.45) is 7.05 Å². The second kappa shape index (κ2) is 6.64. The predicted octanol–water partition coefficient (Wildman–Crippen LogP) is 3.71. The molecular formula is C22H20FN3O2. The van der Waals surface area contributed by atoms with Crippen LogP contribution in [0.3, 0.4) is 0 Å². The molecule has 2 heterocycles. The summed E-state index contributed by atoms with van der Waals surface area (Å²) in [5.41, 5.74) is 1.86. The fourth-order valence-electron chi connectivity index (χ4n) is 3.60. The van der Waals surface area contributed by atoms with E-state index in [1.807, 2.05) is 37.3 Å². The average molecular weight is 377 g/mol. The summed E-state index contributed by atoms with van der Waals surface area (Å²) in [4.78, 5) is 28.0. The van der Waals surface area contributed by atoms with Crippen molar-refractivity contribution in [1.29, 1.82) is 0 Å². The molecular weight excluding hydrogens is 357 g/mol. The normalized spacial score (nSPS) is 11.3. The number of nitrogens with zero attached hydrogens (tertiary/aromatic N) is 3. The summed E-state index contributed by atoms with van der Waals surface area (Å²) < 4.78 is 17.2. The molecule has 0 aliphatic heterocycles. The van der Waals surface area contributed by atoms with Gasteiger partial charge in [-0.1, -0.05) is 18.2 Å². The van der Waals surface area contributed by atoms with Crippen molar-refractivity contribution in [2.45, 2.75) is 6.92 Å². The highest BCUT2D eigenvalue weighted by atomic mass is 19.1. The molecule has 0 saturated carbocycles. The molecule has 0 radical (unpaired) electrons. The van der Waals surface area contributed by atoms with Gasteiger partial charge >= 0.3 is 0 Å². The van der Waals surface area contributed by atoms with Crippen molar-refractivity contribution in [3.05, 3.63) is 76.5 Å². The Kier molecular flexibility index (Phi) is 4.26. The fourth-order valence-corrected chi connectivity index (χ4v) is 3.60. The van der Waals surface area contributed by atoms with E-state index >= 15 is 0 Å². The first-order valence-electron chi connectivity index (χ1n) is 9.08. The lowest BCUT2D eigenvalue weighted by Gasteiger charge is -2.17. The van der Waals surface area contributed by atoms with Crippen molar-refractivity contribution < 1.29 is 9.18 Å².